The average molecular weight is 243 g/mol. The van der Waals surface area contributed by atoms with Crippen LogP contribution in [0.1, 0.15) is 23.2 Å². The Balaban J connectivity index is 2.13. The van der Waals surface area contributed by atoms with Gasteiger partial charge in [0.25, 0.3) is 0 Å². The van der Waals surface area contributed by atoms with E-state index >= 15 is 0 Å². The fraction of sp³-hybridized carbons (Fsp3) is 0.308. The second-order valence-electron chi connectivity index (χ2n) is 4.43. The Hall–Kier alpha value is -2.17. The third-order valence-electron chi connectivity index (χ3n) is 3.27. The fourth-order valence-electron chi connectivity index (χ4n) is 2.36. The molecule has 5 nitrogen and oxygen atoms in total. The number of benzene rings is 1. The van der Waals surface area contributed by atoms with E-state index in [2.05, 4.69) is 14.9 Å². The van der Waals surface area contributed by atoms with Gasteiger partial charge in [0.2, 0.25) is 0 Å². The molecule has 0 radical (unpaired) electrons. The summed E-state index contributed by atoms with van der Waals surface area (Å²) in [7, 11) is 0. The van der Waals surface area contributed by atoms with E-state index in [1.807, 2.05) is 0 Å². The van der Waals surface area contributed by atoms with Crippen molar-refractivity contribution in [3.63, 3.8) is 0 Å². The first-order valence-corrected chi connectivity index (χ1v) is 5.99. The average Bonchev–Trinajstić information content (AvgIpc) is 2.91. The molecule has 0 bridgehead atoms. The number of anilines is 1. The first-order valence-electron chi connectivity index (χ1n) is 5.99. The molecule has 3 rings (SSSR count). The van der Waals surface area contributed by atoms with Crippen molar-refractivity contribution >= 4 is 22.7 Å². The van der Waals surface area contributed by atoms with E-state index in [4.69, 9.17) is 5.11 Å². The molecule has 0 amide bonds. The lowest BCUT2D eigenvalue weighted by Gasteiger charge is -2.17. The van der Waals surface area contributed by atoms with E-state index in [-0.39, 0.29) is 5.56 Å². The molecule has 0 aliphatic carbocycles. The standard InChI is InChI=1S/C13H13N3O2/c17-13(18)9-3-4-10-11(7-9)14-8-15-12(10)16-5-1-2-6-16/h3-4,7-8H,1-2,5-6H2,(H,17,18). The zero-order valence-electron chi connectivity index (χ0n) is 9.83. The molecule has 0 spiro atoms. The van der Waals surface area contributed by atoms with Crippen LogP contribution in [0.15, 0.2) is 24.5 Å². The summed E-state index contributed by atoms with van der Waals surface area (Å²) in [6, 6.07) is 5.00. The maximum atomic E-state index is 10.9. The molecule has 18 heavy (non-hydrogen) atoms. The first kappa shape index (κ1) is 11.0. The normalized spacial score (nSPS) is 15.2. The third kappa shape index (κ3) is 1.77. The second kappa shape index (κ2) is 4.25. The molecule has 1 aromatic heterocycles. The van der Waals surface area contributed by atoms with Crippen molar-refractivity contribution in [3.8, 4) is 0 Å². The van der Waals surface area contributed by atoms with E-state index < -0.39 is 5.97 Å². The summed E-state index contributed by atoms with van der Waals surface area (Å²) in [5.41, 5.74) is 0.945. The summed E-state index contributed by atoms with van der Waals surface area (Å²) >= 11 is 0. The number of nitrogens with zero attached hydrogens (tertiary/aromatic N) is 3. The first-order chi connectivity index (χ1) is 8.75. The highest BCUT2D eigenvalue weighted by Gasteiger charge is 2.17. The van der Waals surface area contributed by atoms with Crippen LogP contribution in [-0.2, 0) is 0 Å². The Bertz CT molecular complexity index is 606. The van der Waals surface area contributed by atoms with Crippen LogP contribution in [-0.4, -0.2) is 34.1 Å². The lowest BCUT2D eigenvalue weighted by atomic mass is 10.1. The Labute approximate surface area is 104 Å². The van der Waals surface area contributed by atoms with Crippen molar-refractivity contribution in [2.75, 3.05) is 18.0 Å². The minimum absolute atomic E-state index is 0.258. The summed E-state index contributed by atoms with van der Waals surface area (Å²) in [6.45, 7) is 2.01. The molecule has 0 unspecified atom stereocenters. The monoisotopic (exact) mass is 243 g/mol. The number of aromatic nitrogens is 2. The lowest BCUT2D eigenvalue weighted by molar-refractivity contribution is 0.0697. The predicted molar refractivity (Wildman–Crippen MR) is 67.9 cm³/mol. The van der Waals surface area contributed by atoms with E-state index in [0.29, 0.717) is 5.52 Å². The van der Waals surface area contributed by atoms with Crippen LogP contribution < -0.4 is 4.90 Å². The Kier molecular flexibility index (Phi) is 2.59. The van der Waals surface area contributed by atoms with Gasteiger partial charge in [-0.15, -0.1) is 0 Å². The predicted octanol–water partition coefficient (Wildman–Crippen LogP) is 1.93. The van der Waals surface area contributed by atoms with Crippen LogP contribution in [0.2, 0.25) is 0 Å². The van der Waals surface area contributed by atoms with Gasteiger partial charge in [-0.3, -0.25) is 0 Å². The topological polar surface area (TPSA) is 66.3 Å². The van der Waals surface area contributed by atoms with E-state index in [1.54, 1.807) is 18.2 Å². The smallest absolute Gasteiger partial charge is 0.335 e. The highest BCUT2D eigenvalue weighted by molar-refractivity contribution is 5.96. The molecule has 0 atom stereocenters. The zero-order chi connectivity index (χ0) is 12.5. The van der Waals surface area contributed by atoms with Crippen molar-refractivity contribution < 1.29 is 9.90 Å². The summed E-state index contributed by atoms with van der Waals surface area (Å²) in [6.07, 6.45) is 3.86. The Morgan fingerprint density at radius 2 is 2.00 bits per heavy atom. The molecule has 1 N–H and O–H groups in total. The van der Waals surface area contributed by atoms with Gasteiger partial charge in [0.1, 0.15) is 12.1 Å². The number of hydrogen-bond donors (Lipinski definition) is 1. The lowest BCUT2D eigenvalue weighted by Crippen LogP contribution is -2.19. The van der Waals surface area contributed by atoms with Crippen LogP contribution in [0, 0.1) is 0 Å². The van der Waals surface area contributed by atoms with Crippen LogP contribution in [0.4, 0.5) is 5.82 Å². The minimum Gasteiger partial charge on any atom is -0.478 e. The number of carboxylic acid groups (broad SMARTS) is 1. The van der Waals surface area contributed by atoms with Crippen LogP contribution >= 0.6 is 0 Å². The van der Waals surface area contributed by atoms with Crippen molar-refractivity contribution in [1.82, 2.24) is 9.97 Å². The highest BCUT2D eigenvalue weighted by atomic mass is 16.4. The van der Waals surface area contributed by atoms with Gasteiger partial charge >= 0.3 is 5.97 Å². The van der Waals surface area contributed by atoms with Crippen molar-refractivity contribution in [2.45, 2.75) is 12.8 Å². The minimum atomic E-state index is -0.932. The molecule has 92 valence electrons. The maximum Gasteiger partial charge on any atom is 0.335 e. The third-order valence-corrected chi connectivity index (χ3v) is 3.27. The number of rotatable bonds is 2. The Morgan fingerprint density at radius 1 is 1.22 bits per heavy atom. The molecule has 1 saturated heterocycles. The summed E-state index contributed by atoms with van der Waals surface area (Å²) in [5, 5.41) is 9.89. The molecule has 2 heterocycles. The molecule has 1 aliphatic rings. The number of carboxylic acids is 1. The van der Waals surface area contributed by atoms with E-state index in [0.717, 1.165) is 24.3 Å². The Morgan fingerprint density at radius 3 is 2.72 bits per heavy atom. The SMILES string of the molecule is O=C(O)c1ccc2c(N3CCCC3)ncnc2c1. The molecule has 1 fully saturated rings. The summed E-state index contributed by atoms with van der Waals surface area (Å²) < 4.78 is 0. The largest absolute Gasteiger partial charge is 0.478 e. The quantitative estimate of drug-likeness (QED) is 0.873. The number of aromatic carboxylic acids is 1. The van der Waals surface area contributed by atoms with Crippen molar-refractivity contribution in [2.24, 2.45) is 0 Å². The van der Waals surface area contributed by atoms with Crippen LogP contribution in [0.25, 0.3) is 10.9 Å². The van der Waals surface area contributed by atoms with E-state index in [1.165, 1.54) is 19.2 Å². The van der Waals surface area contributed by atoms with Crippen molar-refractivity contribution in [1.29, 1.82) is 0 Å². The van der Waals surface area contributed by atoms with Crippen LogP contribution in [0.3, 0.4) is 0 Å². The number of fused-ring (bicyclic) bond motifs is 1. The number of carbonyl (C=O) groups is 1. The van der Waals surface area contributed by atoms with Gasteiger partial charge in [-0.25, -0.2) is 14.8 Å². The van der Waals surface area contributed by atoms with Gasteiger partial charge in [0.05, 0.1) is 11.1 Å². The molecule has 5 heteroatoms. The molecule has 2 aromatic rings. The van der Waals surface area contributed by atoms with Gasteiger partial charge in [-0.1, -0.05) is 0 Å². The molecular weight excluding hydrogens is 230 g/mol. The van der Waals surface area contributed by atoms with Gasteiger partial charge in [0.15, 0.2) is 0 Å². The number of hydrogen-bond acceptors (Lipinski definition) is 4. The second-order valence-corrected chi connectivity index (χ2v) is 4.43. The summed E-state index contributed by atoms with van der Waals surface area (Å²) in [4.78, 5) is 21.6. The molecule has 0 saturated carbocycles. The van der Waals surface area contributed by atoms with E-state index in [9.17, 15) is 4.79 Å². The zero-order valence-corrected chi connectivity index (χ0v) is 9.83. The van der Waals surface area contributed by atoms with Gasteiger partial charge in [-0.2, -0.15) is 0 Å². The van der Waals surface area contributed by atoms with Gasteiger partial charge in [-0.05, 0) is 31.0 Å². The highest BCUT2D eigenvalue weighted by Crippen LogP contribution is 2.26. The molecule has 1 aliphatic heterocycles. The van der Waals surface area contributed by atoms with Gasteiger partial charge < -0.3 is 10.0 Å². The maximum absolute atomic E-state index is 10.9. The van der Waals surface area contributed by atoms with Gasteiger partial charge in [0, 0.05) is 18.5 Å². The molecule has 1 aromatic carbocycles. The molecular formula is C13H13N3O2. The van der Waals surface area contributed by atoms with Crippen LogP contribution in [0.5, 0.6) is 0 Å². The summed E-state index contributed by atoms with van der Waals surface area (Å²) in [5.74, 6) is -0.0207. The van der Waals surface area contributed by atoms with Crippen molar-refractivity contribution in [3.05, 3.63) is 30.1 Å². The fourth-order valence-corrected chi connectivity index (χ4v) is 2.36.